The molecule has 0 N–H and O–H groups in total. The van der Waals surface area contributed by atoms with Gasteiger partial charge in [0, 0.05) is 36.3 Å². The van der Waals surface area contributed by atoms with Crippen molar-refractivity contribution in [2.75, 3.05) is 24.7 Å². The van der Waals surface area contributed by atoms with Crippen LogP contribution >= 0.6 is 0 Å². The van der Waals surface area contributed by atoms with E-state index in [1.165, 1.54) is 6.07 Å². The zero-order chi connectivity index (χ0) is 20.8. The van der Waals surface area contributed by atoms with Gasteiger partial charge < -0.3 is 9.03 Å². The summed E-state index contributed by atoms with van der Waals surface area (Å²) >= 11 is 0. The highest BCUT2D eigenvalue weighted by Crippen LogP contribution is 2.33. The molecule has 0 saturated heterocycles. The fraction of sp³-hybridized carbons (Fsp3) is 0.500. The lowest BCUT2D eigenvalue weighted by molar-refractivity contribution is 0.587. The second kappa shape index (κ2) is 9.71. The molecule has 6 nitrogen and oxygen atoms in total. The van der Waals surface area contributed by atoms with Crippen LogP contribution in [0.1, 0.15) is 45.4 Å². The Morgan fingerprint density at radius 1 is 0.821 bits per heavy atom. The van der Waals surface area contributed by atoms with Gasteiger partial charge in [-0.25, -0.2) is 16.8 Å². The van der Waals surface area contributed by atoms with Crippen molar-refractivity contribution in [1.29, 1.82) is 0 Å². The van der Waals surface area contributed by atoms with Gasteiger partial charge in [0.25, 0.3) is 0 Å². The minimum atomic E-state index is -4.32. The number of hydrogen-bond donors (Lipinski definition) is 0. The van der Waals surface area contributed by atoms with Crippen molar-refractivity contribution in [1.82, 2.24) is 0 Å². The van der Waals surface area contributed by atoms with E-state index in [-0.39, 0.29) is 10.6 Å². The van der Waals surface area contributed by atoms with E-state index in [9.17, 15) is 16.8 Å². The SMILES string of the molecule is CCCCCCCCS(=O)(=O)[N-]S(=O)(=O)c1cccc2c(N(C)C)cccc12. The molecule has 0 fully saturated rings. The molecule has 2 aromatic rings. The summed E-state index contributed by atoms with van der Waals surface area (Å²) in [6.45, 7) is 2.11. The lowest BCUT2D eigenvalue weighted by Gasteiger charge is -2.23. The fourth-order valence-corrected chi connectivity index (χ4v) is 6.26. The lowest BCUT2D eigenvalue weighted by atomic mass is 10.1. The number of nitrogens with zero attached hydrogens (tertiary/aromatic N) is 2. The van der Waals surface area contributed by atoms with Crippen molar-refractivity contribution < 1.29 is 16.8 Å². The van der Waals surface area contributed by atoms with Gasteiger partial charge in [-0.05, 0) is 18.6 Å². The van der Waals surface area contributed by atoms with E-state index in [1.54, 1.807) is 18.2 Å². The van der Waals surface area contributed by atoms with Crippen molar-refractivity contribution in [3.05, 3.63) is 40.5 Å². The van der Waals surface area contributed by atoms with E-state index in [0.717, 1.165) is 43.2 Å². The average Bonchev–Trinajstić information content (AvgIpc) is 2.62. The van der Waals surface area contributed by atoms with Gasteiger partial charge in [-0.1, -0.05) is 63.3 Å². The number of unbranched alkanes of at least 4 members (excludes halogenated alkanes) is 5. The average molecular weight is 426 g/mol. The van der Waals surface area contributed by atoms with Crippen molar-refractivity contribution >= 4 is 36.5 Å². The number of sulfonamides is 2. The highest BCUT2D eigenvalue weighted by molar-refractivity contribution is 8.12. The molecule has 156 valence electrons. The number of benzene rings is 2. The summed E-state index contributed by atoms with van der Waals surface area (Å²) < 4.78 is 53.3. The Kier molecular flexibility index (Phi) is 7.86. The predicted octanol–water partition coefficient (Wildman–Crippen LogP) is 4.66. The standard InChI is InChI=1S/C20H29N2O4S2/c1-4-5-6-7-8-9-16-27(23,24)21-28(25,26)20-15-11-12-17-18(20)13-10-14-19(17)22(2)3/h10-15H,4-9,16H2,1-3H3/q-1. The molecule has 0 aliphatic carbocycles. The molecule has 0 radical (unpaired) electrons. The zero-order valence-electron chi connectivity index (χ0n) is 16.8. The number of fused-ring (bicyclic) bond motifs is 1. The Morgan fingerprint density at radius 3 is 2.11 bits per heavy atom. The molecule has 28 heavy (non-hydrogen) atoms. The van der Waals surface area contributed by atoms with Crippen LogP contribution in [0.25, 0.3) is 14.9 Å². The van der Waals surface area contributed by atoms with Gasteiger partial charge in [0.2, 0.25) is 0 Å². The molecule has 0 spiro atoms. The van der Waals surface area contributed by atoms with Crippen molar-refractivity contribution in [3.63, 3.8) is 0 Å². The van der Waals surface area contributed by atoms with Crippen LogP contribution in [0.3, 0.4) is 0 Å². The number of hydrogen-bond acceptors (Lipinski definition) is 5. The van der Waals surface area contributed by atoms with Crippen molar-refractivity contribution in [2.24, 2.45) is 0 Å². The Hall–Kier alpha value is -1.64. The van der Waals surface area contributed by atoms with Gasteiger partial charge in [-0.2, -0.15) is 0 Å². The van der Waals surface area contributed by atoms with Crippen LogP contribution in [0.2, 0.25) is 0 Å². The maximum absolute atomic E-state index is 12.8. The molecule has 0 heterocycles. The Bertz CT molecular complexity index is 1000. The molecule has 0 saturated carbocycles. The molecular weight excluding hydrogens is 396 g/mol. The minimum absolute atomic E-state index is 0.0831. The predicted molar refractivity (Wildman–Crippen MR) is 116 cm³/mol. The monoisotopic (exact) mass is 425 g/mol. The largest absolute Gasteiger partial charge is 0.432 e. The second-order valence-electron chi connectivity index (χ2n) is 7.13. The third-order valence-corrected chi connectivity index (χ3v) is 8.00. The van der Waals surface area contributed by atoms with E-state index >= 15 is 0 Å². The van der Waals surface area contributed by atoms with Crippen molar-refractivity contribution in [3.8, 4) is 0 Å². The van der Waals surface area contributed by atoms with Crippen LogP contribution in [0.4, 0.5) is 5.69 Å². The van der Waals surface area contributed by atoms with Gasteiger partial charge in [0.1, 0.15) is 10.0 Å². The Balaban J connectivity index is 2.19. The molecule has 8 heteroatoms. The first kappa shape index (κ1) is 22.6. The van der Waals surface area contributed by atoms with Crippen LogP contribution in [-0.2, 0) is 20.0 Å². The fourth-order valence-electron chi connectivity index (χ4n) is 3.17. The summed E-state index contributed by atoms with van der Waals surface area (Å²) in [5.41, 5.74) is 0.851. The highest BCUT2D eigenvalue weighted by atomic mass is 32.3. The quantitative estimate of drug-likeness (QED) is 0.489. The van der Waals surface area contributed by atoms with Gasteiger partial charge in [-0.3, -0.25) is 0 Å². The number of rotatable bonds is 11. The third-order valence-electron chi connectivity index (χ3n) is 4.59. The van der Waals surface area contributed by atoms with Crippen LogP contribution in [-0.4, -0.2) is 36.7 Å². The maximum Gasteiger partial charge on any atom is 0.112 e. The smallest absolute Gasteiger partial charge is 0.112 e. The number of anilines is 1. The Labute approximate surface area is 169 Å². The summed E-state index contributed by atoms with van der Waals surface area (Å²) in [6.07, 6.45) is 5.44. The van der Waals surface area contributed by atoms with Gasteiger partial charge in [0.15, 0.2) is 0 Å². The molecule has 0 atom stereocenters. The van der Waals surface area contributed by atoms with E-state index in [1.807, 2.05) is 31.1 Å². The van der Waals surface area contributed by atoms with E-state index in [4.69, 9.17) is 0 Å². The van der Waals surface area contributed by atoms with E-state index < -0.39 is 20.0 Å². The maximum atomic E-state index is 12.8. The molecule has 2 aromatic carbocycles. The first-order valence-electron chi connectivity index (χ1n) is 9.59. The zero-order valence-corrected chi connectivity index (χ0v) is 18.4. The van der Waals surface area contributed by atoms with E-state index in [2.05, 4.69) is 11.1 Å². The van der Waals surface area contributed by atoms with Crippen LogP contribution < -0.4 is 4.90 Å². The minimum Gasteiger partial charge on any atom is -0.432 e. The first-order chi connectivity index (χ1) is 13.2. The summed E-state index contributed by atoms with van der Waals surface area (Å²) in [5.74, 6) is -0.244. The summed E-state index contributed by atoms with van der Waals surface area (Å²) in [6, 6.07) is 10.1. The molecular formula is C20H29N2O4S2-. The second-order valence-corrected chi connectivity index (χ2v) is 10.7. The van der Waals surface area contributed by atoms with Crippen LogP contribution in [0, 0.1) is 0 Å². The van der Waals surface area contributed by atoms with Crippen LogP contribution in [0.5, 0.6) is 0 Å². The highest BCUT2D eigenvalue weighted by Gasteiger charge is 2.15. The molecule has 0 aliphatic heterocycles. The van der Waals surface area contributed by atoms with E-state index in [0.29, 0.717) is 11.8 Å². The summed E-state index contributed by atoms with van der Waals surface area (Å²) in [4.78, 5) is 1.80. The molecule has 0 aromatic heterocycles. The van der Waals surface area contributed by atoms with Gasteiger partial charge >= 0.3 is 0 Å². The molecule has 0 bridgehead atoms. The lowest BCUT2D eigenvalue weighted by Crippen LogP contribution is -2.12. The molecule has 0 unspecified atom stereocenters. The summed E-state index contributed by atoms with van der Waals surface area (Å²) in [7, 11) is -4.64. The molecule has 2 rings (SSSR count). The van der Waals surface area contributed by atoms with Gasteiger partial charge in [-0.15, -0.1) is 0 Å². The van der Waals surface area contributed by atoms with Crippen LogP contribution in [0.15, 0.2) is 41.3 Å². The van der Waals surface area contributed by atoms with Gasteiger partial charge in [0.05, 0.1) is 14.9 Å². The summed E-state index contributed by atoms with van der Waals surface area (Å²) in [5, 5.41) is 1.20. The molecule has 0 aliphatic rings. The van der Waals surface area contributed by atoms with Crippen molar-refractivity contribution in [2.45, 2.75) is 50.3 Å². The Morgan fingerprint density at radius 2 is 1.43 bits per heavy atom. The first-order valence-corrected chi connectivity index (χ1v) is 12.6. The normalized spacial score (nSPS) is 12.4. The third kappa shape index (κ3) is 5.93. The molecule has 0 amide bonds. The topological polar surface area (TPSA) is 85.6 Å².